The number of alkyl halides is 6. The minimum Gasteiger partial charge on any atom is -0.444 e. The Morgan fingerprint density at radius 2 is 1.29 bits per heavy atom. The summed E-state index contributed by atoms with van der Waals surface area (Å²) in [6.45, 7) is 5.63. The van der Waals surface area contributed by atoms with Gasteiger partial charge in [-0.25, -0.2) is 32.9 Å². The van der Waals surface area contributed by atoms with Crippen LogP contribution in [0.4, 0.5) is 50.4 Å². The summed E-state index contributed by atoms with van der Waals surface area (Å²) in [5, 5.41) is 8.94. The summed E-state index contributed by atoms with van der Waals surface area (Å²) in [5.41, 5.74) is -1.27. The molecule has 2 N–H and O–H groups in total. The third-order valence-electron chi connectivity index (χ3n) is 12.8. The van der Waals surface area contributed by atoms with Gasteiger partial charge in [0.2, 0.25) is 0 Å². The number of aromatic nitrogens is 2. The van der Waals surface area contributed by atoms with Crippen LogP contribution in [0.2, 0.25) is 0 Å². The molecule has 0 bridgehead atoms. The van der Waals surface area contributed by atoms with Gasteiger partial charge in [-0.05, 0) is 78.8 Å². The van der Waals surface area contributed by atoms with Gasteiger partial charge in [0.25, 0.3) is 0 Å². The van der Waals surface area contributed by atoms with Crippen molar-refractivity contribution >= 4 is 25.6 Å². The molecule has 0 saturated heterocycles. The van der Waals surface area contributed by atoms with Gasteiger partial charge in [0.15, 0.2) is 0 Å². The lowest BCUT2D eigenvalue weighted by Gasteiger charge is -2.33. The normalized spacial score (nSPS) is 13.6. The first-order valence-corrected chi connectivity index (χ1v) is 25.3. The van der Waals surface area contributed by atoms with E-state index in [1.807, 2.05) is 37.4 Å². The summed E-state index contributed by atoms with van der Waals surface area (Å²) in [4.78, 5) is 27.7. The molecule has 398 valence electrons. The second-order valence-corrected chi connectivity index (χ2v) is 19.7. The lowest BCUT2D eigenvalue weighted by Crippen LogP contribution is -2.36. The zero-order valence-corrected chi connectivity index (χ0v) is 42.2. The van der Waals surface area contributed by atoms with Crippen molar-refractivity contribution in [1.29, 1.82) is 0 Å². The minimum absolute atomic E-state index is 0.0380. The molecule has 0 fully saturated rings. The monoisotopic (exact) mass is 1080 g/mol. The van der Waals surface area contributed by atoms with Gasteiger partial charge < -0.3 is 14.6 Å². The van der Waals surface area contributed by atoms with Crippen molar-refractivity contribution in [2.45, 2.75) is 91.3 Å². The molecular formula is C55H50F8N5O7P. The lowest BCUT2D eigenvalue weighted by atomic mass is 9.97. The molecule has 21 heteroatoms. The van der Waals surface area contributed by atoms with Gasteiger partial charge in [0, 0.05) is 35.8 Å². The fraction of sp³-hybridized carbons (Fsp3) is 0.255. The van der Waals surface area contributed by atoms with Crippen LogP contribution in [0.3, 0.4) is 0 Å². The van der Waals surface area contributed by atoms with Crippen LogP contribution < -0.4 is 15.2 Å². The molecule has 0 unspecified atom stereocenters. The number of aryl methyl sites for hydroxylation is 2. The highest BCUT2D eigenvalue weighted by Gasteiger charge is 2.45. The van der Waals surface area contributed by atoms with Crippen molar-refractivity contribution in [3.8, 4) is 22.7 Å². The standard InChI is InChI=1S/C55H50F8N5O7P/c1-5-36-21-15-22-37(6-2)48(36)68-49(42-30-67(53(3,4)50(42)66-68)29-38-24-25-40(54(58,59)60)26-43(38)55(61,62)63)41-27-45(57)46(28-44(41)56)64-51(69)65-52(70)72-33-39-20-13-14-23-47(39)75-76(71,73-31-34-16-9-7-10-17-34)74-32-35-18-11-8-12-19-35/h7-28H,5-6,29-33H2,1-4H3,(H2,64,65,69,70). The maximum Gasteiger partial charge on any atom is 0.530 e. The number of fused-ring (bicyclic) bond motifs is 1. The summed E-state index contributed by atoms with van der Waals surface area (Å²) in [6, 6.07) is 31.0. The van der Waals surface area contributed by atoms with E-state index in [1.165, 1.54) is 16.8 Å². The molecule has 1 aromatic heterocycles. The maximum atomic E-state index is 16.8. The molecule has 3 amide bonds. The van der Waals surface area contributed by atoms with Crippen molar-refractivity contribution in [2.75, 3.05) is 5.32 Å². The molecule has 1 aliphatic heterocycles. The third-order valence-corrected chi connectivity index (χ3v) is 14.1. The van der Waals surface area contributed by atoms with E-state index in [2.05, 4.69) is 5.32 Å². The number of hydrogen-bond acceptors (Lipinski definition) is 9. The average Bonchev–Trinajstić information content (AvgIpc) is 3.95. The number of carbonyl (C=O) groups is 2. The first-order valence-electron chi connectivity index (χ1n) is 23.8. The van der Waals surface area contributed by atoms with Crippen molar-refractivity contribution in [2.24, 2.45) is 0 Å². The number of nitrogens with one attached hydrogen (secondary N) is 2. The Labute approximate surface area is 432 Å². The Morgan fingerprint density at radius 3 is 1.88 bits per heavy atom. The molecule has 0 spiro atoms. The van der Waals surface area contributed by atoms with Crippen LogP contribution in [0.25, 0.3) is 16.9 Å². The van der Waals surface area contributed by atoms with E-state index < -0.39 is 85.0 Å². The Morgan fingerprint density at radius 1 is 0.697 bits per heavy atom. The first-order chi connectivity index (χ1) is 36.1. The van der Waals surface area contributed by atoms with Crippen molar-refractivity contribution < 1.29 is 67.6 Å². The van der Waals surface area contributed by atoms with Crippen LogP contribution in [-0.2, 0) is 82.0 Å². The number of hydrogen-bond donors (Lipinski definition) is 2. The predicted molar refractivity (Wildman–Crippen MR) is 266 cm³/mol. The molecule has 1 aliphatic rings. The van der Waals surface area contributed by atoms with Crippen LogP contribution in [-0.4, -0.2) is 26.8 Å². The molecule has 0 atom stereocenters. The van der Waals surface area contributed by atoms with Gasteiger partial charge >= 0.3 is 32.3 Å². The SMILES string of the molecule is CCc1cccc(CC)c1-n1nc2c(c1-c1cc(F)c(NC(=O)NC(=O)OCc3ccccc3OP(=O)(OCc3ccccc3)OCc3ccccc3)cc1F)CN(Cc1ccc(C(F)(F)F)cc1C(F)(F)F)C2(C)C. The van der Waals surface area contributed by atoms with E-state index in [9.17, 15) is 40.5 Å². The number of para-hydroxylation sites is 2. The number of rotatable bonds is 17. The van der Waals surface area contributed by atoms with Crippen LogP contribution in [0.1, 0.15) is 83.5 Å². The molecule has 2 heterocycles. The van der Waals surface area contributed by atoms with Gasteiger partial charge in [0.05, 0.1) is 52.6 Å². The van der Waals surface area contributed by atoms with E-state index >= 15 is 8.78 Å². The number of phosphoric acid groups is 1. The minimum atomic E-state index is -5.14. The quantitative estimate of drug-likeness (QED) is 0.0675. The second kappa shape index (κ2) is 22.5. The summed E-state index contributed by atoms with van der Waals surface area (Å²) < 4.78 is 155. The Hall–Kier alpha value is -7.38. The van der Waals surface area contributed by atoms with E-state index in [1.54, 1.807) is 91.5 Å². The Kier molecular flexibility index (Phi) is 16.2. The smallest absolute Gasteiger partial charge is 0.444 e. The number of carbonyl (C=O) groups excluding carboxylic acids is 2. The number of alkyl carbamates (subject to hydrolysis) is 1. The summed E-state index contributed by atoms with van der Waals surface area (Å²) in [7, 11) is -4.36. The van der Waals surface area contributed by atoms with Crippen LogP contribution in [0.5, 0.6) is 5.75 Å². The molecule has 0 aliphatic carbocycles. The number of amides is 3. The number of anilines is 1. The number of imide groups is 1. The van der Waals surface area contributed by atoms with Crippen molar-refractivity contribution in [3.63, 3.8) is 0 Å². The molecule has 6 aromatic carbocycles. The fourth-order valence-corrected chi connectivity index (χ4v) is 10.0. The van der Waals surface area contributed by atoms with E-state index in [-0.39, 0.29) is 48.4 Å². The molecular weight excluding hydrogens is 1030 g/mol. The largest absolute Gasteiger partial charge is 0.530 e. The highest BCUT2D eigenvalue weighted by molar-refractivity contribution is 7.48. The zero-order chi connectivity index (χ0) is 54.6. The zero-order valence-electron chi connectivity index (χ0n) is 41.3. The highest BCUT2D eigenvalue weighted by atomic mass is 31.2. The fourth-order valence-electron chi connectivity index (χ4n) is 8.80. The Balaban J connectivity index is 1.02. The second-order valence-electron chi connectivity index (χ2n) is 18.1. The molecule has 0 radical (unpaired) electrons. The molecule has 8 rings (SSSR count). The molecule has 0 saturated carbocycles. The van der Waals surface area contributed by atoms with E-state index in [0.29, 0.717) is 53.0 Å². The van der Waals surface area contributed by atoms with E-state index in [4.69, 9.17) is 23.4 Å². The van der Waals surface area contributed by atoms with Gasteiger partial charge in [-0.2, -0.15) is 31.4 Å². The number of halogens is 8. The average molecular weight is 1080 g/mol. The summed E-state index contributed by atoms with van der Waals surface area (Å²) >= 11 is 0. The van der Waals surface area contributed by atoms with E-state index in [0.717, 1.165) is 23.3 Å². The van der Waals surface area contributed by atoms with Crippen LogP contribution in [0.15, 0.2) is 133 Å². The Bertz CT molecular complexity index is 3230. The number of benzene rings is 6. The third kappa shape index (κ3) is 12.3. The topological polar surface area (TPSA) is 133 Å². The number of urea groups is 1. The van der Waals surface area contributed by atoms with Crippen LogP contribution in [0, 0.1) is 11.6 Å². The predicted octanol–water partition coefficient (Wildman–Crippen LogP) is 14.6. The van der Waals surface area contributed by atoms with Crippen molar-refractivity contribution in [1.82, 2.24) is 20.0 Å². The number of ether oxygens (including phenoxy) is 1. The summed E-state index contributed by atoms with van der Waals surface area (Å²) in [6.07, 6.45) is -10.5. The lowest BCUT2D eigenvalue weighted by molar-refractivity contribution is -0.143. The maximum absolute atomic E-state index is 16.8. The summed E-state index contributed by atoms with van der Waals surface area (Å²) in [5.74, 6) is -2.26. The van der Waals surface area contributed by atoms with Gasteiger partial charge in [-0.1, -0.05) is 117 Å². The van der Waals surface area contributed by atoms with Gasteiger partial charge in [-0.15, -0.1) is 0 Å². The molecule has 76 heavy (non-hydrogen) atoms. The first kappa shape index (κ1) is 54.9. The van der Waals surface area contributed by atoms with Gasteiger partial charge in [-0.3, -0.25) is 13.9 Å². The van der Waals surface area contributed by atoms with Gasteiger partial charge in [0.1, 0.15) is 24.0 Å². The number of nitrogens with zero attached hydrogens (tertiary/aromatic N) is 3. The van der Waals surface area contributed by atoms with Crippen molar-refractivity contribution in [3.05, 3.63) is 201 Å². The molecule has 12 nitrogen and oxygen atoms in total. The highest BCUT2D eigenvalue weighted by Crippen LogP contribution is 2.52. The molecule has 7 aromatic rings. The van der Waals surface area contributed by atoms with Crippen LogP contribution >= 0.6 is 7.82 Å². The number of phosphoric ester groups is 1.